The molecule has 3 heterocycles. The molecule has 1 saturated heterocycles. The van der Waals surface area contributed by atoms with Crippen molar-refractivity contribution >= 4 is 23.3 Å². The maximum atomic E-state index is 12.9. The SMILES string of the molecule is Cc1cccc(OCC(=O)c2ccc3c(c2)N(Cc2ccc(C(=O)NCCN4CCCCC4)o2)C(=O)CO3)c1. The Labute approximate surface area is 227 Å². The van der Waals surface area contributed by atoms with Crippen LogP contribution in [0.15, 0.2) is 59.0 Å². The lowest BCUT2D eigenvalue weighted by Crippen LogP contribution is -2.38. The van der Waals surface area contributed by atoms with E-state index in [1.54, 1.807) is 36.4 Å². The van der Waals surface area contributed by atoms with E-state index in [1.807, 2.05) is 25.1 Å². The van der Waals surface area contributed by atoms with E-state index in [9.17, 15) is 14.4 Å². The van der Waals surface area contributed by atoms with Crippen LogP contribution in [0.4, 0.5) is 5.69 Å². The molecule has 5 rings (SSSR count). The number of carbonyl (C=O) groups is 3. The Kier molecular flexibility index (Phi) is 8.27. The Morgan fingerprint density at radius 1 is 1.03 bits per heavy atom. The first-order valence-electron chi connectivity index (χ1n) is 13.4. The van der Waals surface area contributed by atoms with Gasteiger partial charge in [-0.1, -0.05) is 18.6 Å². The summed E-state index contributed by atoms with van der Waals surface area (Å²) in [6.07, 6.45) is 3.68. The van der Waals surface area contributed by atoms with Crippen LogP contribution in [-0.4, -0.2) is 61.9 Å². The molecule has 1 aromatic heterocycles. The highest BCUT2D eigenvalue weighted by molar-refractivity contribution is 6.02. The van der Waals surface area contributed by atoms with Gasteiger partial charge < -0.3 is 24.1 Å². The third-order valence-corrected chi connectivity index (χ3v) is 6.95. The van der Waals surface area contributed by atoms with Gasteiger partial charge in [-0.3, -0.25) is 19.3 Å². The van der Waals surface area contributed by atoms with Gasteiger partial charge in [0.1, 0.15) is 17.3 Å². The van der Waals surface area contributed by atoms with Crippen molar-refractivity contribution in [3.05, 3.63) is 77.2 Å². The molecule has 0 bridgehead atoms. The summed E-state index contributed by atoms with van der Waals surface area (Å²) in [6, 6.07) is 15.8. The maximum absolute atomic E-state index is 12.9. The fraction of sp³-hybridized carbons (Fsp3) is 0.367. The summed E-state index contributed by atoms with van der Waals surface area (Å²) in [6.45, 7) is 5.31. The summed E-state index contributed by atoms with van der Waals surface area (Å²) in [5.74, 6) is 0.983. The minimum Gasteiger partial charge on any atom is -0.485 e. The number of furan rings is 1. The zero-order valence-electron chi connectivity index (χ0n) is 22.1. The second-order valence-corrected chi connectivity index (χ2v) is 9.90. The van der Waals surface area contributed by atoms with Crippen molar-refractivity contribution in [3.8, 4) is 11.5 Å². The van der Waals surface area contributed by atoms with Gasteiger partial charge in [-0.05, 0) is 80.9 Å². The monoisotopic (exact) mass is 531 g/mol. The number of amides is 2. The largest absolute Gasteiger partial charge is 0.485 e. The van der Waals surface area contributed by atoms with Crippen LogP contribution in [0, 0.1) is 6.92 Å². The van der Waals surface area contributed by atoms with Crippen LogP contribution in [-0.2, 0) is 11.3 Å². The molecule has 9 heteroatoms. The van der Waals surface area contributed by atoms with E-state index in [0.717, 1.165) is 25.2 Å². The number of piperidine rings is 1. The summed E-state index contributed by atoms with van der Waals surface area (Å²) in [5.41, 5.74) is 1.91. The highest BCUT2D eigenvalue weighted by atomic mass is 16.5. The highest BCUT2D eigenvalue weighted by Gasteiger charge is 2.28. The van der Waals surface area contributed by atoms with E-state index in [1.165, 1.54) is 24.2 Å². The summed E-state index contributed by atoms with van der Waals surface area (Å²) in [5, 5.41) is 2.91. The van der Waals surface area contributed by atoms with E-state index in [-0.39, 0.29) is 43.1 Å². The number of aryl methyl sites for hydroxylation is 1. The number of likely N-dealkylation sites (tertiary alicyclic amines) is 1. The number of rotatable bonds is 10. The van der Waals surface area contributed by atoms with Gasteiger partial charge in [0.15, 0.2) is 24.8 Å². The lowest BCUT2D eigenvalue weighted by atomic mass is 10.1. The molecule has 2 aromatic carbocycles. The molecule has 0 atom stereocenters. The van der Waals surface area contributed by atoms with E-state index in [4.69, 9.17) is 13.9 Å². The van der Waals surface area contributed by atoms with Crippen molar-refractivity contribution in [1.82, 2.24) is 10.2 Å². The number of ether oxygens (including phenoxy) is 2. The first kappa shape index (κ1) is 26.5. The Bertz CT molecular complexity index is 1340. The quantitative estimate of drug-likeness (QED) is 0.395. The second kappa shape index (κ2) is 12.2. The van der Waals surface area contributed by atoms with Gasteiger partial charge in [-0.15, -0.1) is 0 Å². The van der Waals surface area contributed by atoms with Gasteiger partial charge in [0.05, 0.1) is 12.2 Å². The molecule has 0 spiro atoms. The third-order valence-electron chi connectivity index (χ3n) is 6.95. The van der Waals surface area contributed by atoms with Crippen LogP contribution in [0.5, 0.6) is 11.5 Å². The van der Waals surface area contributed by atoms with Crippen LogP contribution in [0.3, 0.4) is 0 Å². The number of nitrogens with zero attached hydrogens (tertiary/aromatic N) is 2. The molecule has 204 valence electrons. The summed E-state index contributed by atoms with van der Waals surface area (Å²) in [4.78, 5) is 42.1. The molecule has 9 nitrogen and oxygen atoms in total. The molecule has 0 radical (unpaired) electrons. The first-order chi connectivity index (χ1) is 19.0. The number of hydrogen-bond donors (Lipinski definition) is 1. The van der Waals surface area contributed by atoms with Crippen molar-refractivity contribution in [1.29, 1.82) is 0 Å². The number of nitrogens with one attached hydrogen (secondary N) is 1. The van der Waals surface area contributed by atoms with Crippen molar-refractivity contribution in [2.75, 3.05) is 44.3 Å². The zero-order chi connectivity index (χ0) is 27.2. The van der Waals surface area contributed by atoms with Crippen LogP contribution in [0.1, 0.15) is 51.5 Å². The number of anilines is 1. The molecule has 39 heavy (non-hydrogen) atoms. The molecule has 0 aliphatic carbocycles. The number of carbonyl (C=O) groups excluding carboxylic acids is 3. The van der Waals surface area contributed by atoms with Crippen LogP contribution in [0.25, 0.3) is 0 Å². The van der Waals surface area contributed by atoms with Crippen molar-refractivity contribution in [3.63, 3.8) is 0 Å². The minimum absolute atomic E-state index is 0.105. The summed E-state index contributed by atoms with van der Waals surface area (Å²) in [7, 11) is 0. The Balaban J connectivity index is 1.22. The van der Waals surface area contributed by atoms with Gasteiger partial charge in [-0.2, -0.15) is 0 Å². The predicted octanol–water partition coefficient (Wildman–Crippen LogP) is 3.99. The lowest BCUT2D eigenvalue weighted by molar-refractivity contribution is -0.121. The van der Waals surface area contributed by atoms with Gasteiger partial charge in [-0.25, -0.2) is 0 Å². The lowest BCUT2D eigenvalue weighted by Gasteiger charge is -2.29. The normalized spacial score (nSPS) is 15.4. The Morgan fingerprint density at radius 2 is 1.87 bits per heavy atom. The number of hydrogen-bond acceptors (Lipinski definition) is 7. The standard InChI is InChI=1S/C30H33N3O6/c1-21-6-5-7-23(16-21)37-19-26(34)22-8-10-27-25(17-22)33(29(35)20-38-27)18-24-9-11-28(39-24)30(36)31-12-15-32-13-3-2-4-14-32/h5-11,16-17H,2-4,12-15,18-20H2,1H3,(H,31,36). The number of fused-ring (bicyclic) bond motifs is 1. The molecule has 1 fully saturated rings. The second-order valence-electron chi connectivity index (χ2n) is 9.90. The van der Waals surface area contributed by atoms with Crippen LogP contribution in [0.2, 0.25) is 0 Å². The third kappa shape index (κ3) is 6.67. The van der Waals surface area contributed by atoms with E-state index in [0.29, 0.717) is 35.1 Å². The average Bonchev–Trinajstić information content (AvgIpc) is 3.42. The fourth-order valence-corrected chi connectivity index (χ4v) is 4.82. The Morgan fingerprint density at radius 3 is 2.69 bits per heavy atom. The number of benzene rings is 2. The molecule has 0 unspecified atom stereocenters. The molecule has 2 aliphatic rings. The zero-order valence-corrected chi connectivity index (χ0v) is 22.1. The topological polar surface area (TPSA) is 101 Å². The molecule has 2 aliphatic heterocycles. The smallest absolute Gasteiger partial charge is 0.287 e. The molecule has 2 amide bonds. The first-order valence-corrected chi connectivity index (χ1v) is 13.4. The highest BCUT2D eigenvalue weighted by Crippen LogP contribution is 2.34. The fourth-order valence-electron chi connectivity index (χ4n) is 4.82. The number of Topliss-reactive ketones (excluding diaryl/α,β-unsaturated/α-hetero) is 1. The molecule has 1 N–H and O–H groups in total. The van der Waals surface area contributed by atoms with Gasteiger partial charge in [0, 0.05) is 18.7 Å². The van der Waals surface area contributed by atoms with E-state index >= 15 is 0 Å². The van der Waals surface area contributed by atoms with Crippen molar-refractivity contribution in [2.45, 2.75) is 32.7 Å². The Hall–Kier alpha value is -4.11. The van der Waals surface area contributed by atoms with Gasteiger partial charge >= 0.3 is 0 Å². The molecule has 3 aromatic rings. The summed E-state index contributed by atoms with van der Waals surface area (Å²) < 4.78 is 17.0. The van der Waals surface area contributed by atoms with Gasteiger partial charge in [0.25, 0.3) is 11.8 Å². The molecular formula is C30H33N3O6. The van der Waals surface area contributed by atoms with Gasteiger partial charge in [0.2, 0.25) is 0 Å². The van der Waals surface area contributed by atoms with E-state index < -0.39 is 0 Å². The van der Waals surface area contributed by atoms with Crippen LogP contribution < -0.4 is 19.7 Å². The molecular weight excluding hydrogens is 498 g/mol. The maximum Gasteiger partial charge on any atom is 0.287 e. The predicted molar refractivity (Wildman–Crippen MR) is 145 cm³/mol. The van der Waals surface area contributed by atoms with Crippen LogP contribution >= 0.6 is 0 Å². The van der Waals surface area contributed by atoms with E-state index in [2.05, 4.69) is 10.2 Å². The summed E-state index contributed by atoms with van der Waals surface area (Å²) >= 11 is 0. The minimum atomic E-state index is -0.284. The van der Waals surface area contributed by atoms with Crippen molar-refractivity contribution in [2.24, 2.45) is 0 Å². The van der Waals surface area contributed by atoms with Crippen molar-refractivity contribution < 1.29 is 28.3 Å². The number of ketones is 1. The molecule has 0 saturated carbocycles. The average molecular weight is 532 g/mol.